The molecule has 0 atom stereocenters. The summed E-state index contributed by atoms with van der Waals surface area (Å²) < 4.78 is 0. The predicted octanol–water partition coefficient (Wildman–Crippen LogP) is 7.05. The molecule has 4 rings (SSSR count). The Balaban J connectivity index is 1.71. The zero-order valence-electron chi connectivity index (χ0n) is 15.7. The highest BCUT2D eigenvalue weighted by molar-refractivity contribution is 7.15. The van der Waals surface area contributed by atoms with E-state index in [0.29, 0.717) is 5.56 Å². The van der Waals surface area contributed by atoms with E-state index in [1.54, 1.807) is 28.7 Å². The number of benzene rings is 2. The van der Waals surface area contributed by atoms with Crippen molar-refractivity contribution in [2.45, 2.75) is 0 Å². The third kappa shape index (κ3) is 3.86. The Hall–Kier alpha value is -3.77. The number of thiophene rings is 2. The predicted molar refractivity (Wildman–Crippen MR) is 123 cm³/mol. The standard InChI is InChI=1S/C25H14N2OS2/c26-14-19(15-27)13-17-1-5-20(6-2-17)24-22(9-11-29-24)23-10-12-30-25(23)21-7-3-18(16-28)4-8-21/h1-13,16H. The molecule has 0 aliphatic heterocycles. The summed E-state index contributed by atoms with van der Waals surface area (Å²) in [5.74, 6) is 0. The summed E-state index contributed by atoms with van der Waals surface area (Å²) in [6.45, 7) is 0. The van der Waals surface area contributed by atoms with Gasteiger partial charge >= 0.3 is 0 Å². The third-order valence-corrected chi connectivity index (χ3v) is 6.58. The summed E-state index contributed by atoms with van der Waals surface area (Å²) in [5.41, 5.74) is 6.07. The monoisotopic (exact) mass is 422 g/mol. The minimum absolute atomic E-state index is 0.0862. The van der Waals surface area contributed by atoms with Gasteiger partial charge in [0.1, 0.15) is 24.0 Å². The van der Waals surface area contributed by atoms with Crippen molar-refractivity contribution >= 4 is 35.0 Å². The van der Waals surface area contributed by atoms with Crippen LogP contribution in [0.5, 0.6) is 0 Å². The van der Waals surface area contributed by atoms with Gasteiger partial charge in [-0.1, -0.05) is 48.5 Å². The molecule has 30 heavy (non-hydrogen) atoms. The quantitative estimate of drug-likeness (QED) is 0.255. The van der Waals surface area contributed by atoms with Crippen LogP contribution in [-0.4, -0.2) is 6.29 Å². The van der Waals surface area contributed by atoms with Crippen LogP contribution in [0.4, 0.5) is 0 Å². The fraction of sp³-hybridized carbons (Fsp3) is 0. The van der Waals surface area contributed by atoms with Gasteiger partial charge in [-0.25, -0.2) is 0 Å². The average Bonchev–Trinajstić information content (AvgIpc) is 3.47. The minimum Gasteiger partial charge on any atom is -0.298 e. The van der Waals surface area contributed by atoms with Crippen molar-refractivity contribution in [3.05, 3.63) is 88.1 Å². The van der Waals surface area contributed by atoms with Crippen molar-refractivity contribution in [3.63, 3.8) is 0 Å². The summed E-state index contributed by atoms with van der Waals surface area (Å²) in [6.07, 6.45) is 2.43. The maximum absolute atomic E-state index is 10.9. The lowest BCUT2D eigenvalue weighted by molar-refractivity contribution is 0.112. The van der Waals surface area contributed by atoms with E-state index in [2.05, 4.69) is 22.9 Å². The Morgan fingerprint density at radius 2 is 1.17 bits per heavy atom. The normalized spacial score (nSPS) is 10.1. The molecule has 0 aliphatic carbocycles. The van der Waals surface area contributed by atoms with E-state index >= 15 is 0 Å². The second-order valence-corrected chi connectivity index (χ2v) is 8.30. The molecular formula is C25H14N2OS2. The lowest BCUT2D eigenvalue weighted by Crippen LogP contribution is -1.83. The van der Waals surface area contributed by atoms with Crippen LogP contribution in [0.3, 0.4) is 0 Å². The molecule has 0 spiro atoms. The number of carbonyl (C=O) groups excluding carboxylic acids is 1. The Kier molecular flexibility index (Phi) is 5.68. The lowest BCUT2D eigenvalue weighted by Gasteiger charge is -2.07. The van der Waals surface area contributed by atoms with Crippen LogP contribution in [0.2, 0.25) is 0 Å². The highest BCUT2D eigenvalue weighted by Gasteiger charge is 2.15. The van der Waals surface area contributed by atoms with E-state index in [9.17, 15) is 4.79 Å². The first-order valence-corrected chi connectivity index (χ1v) is 10.8. The van der Waals surface area contributed by atoms with Crippen LogP contribution >= 0.6 is 22.7 Å². The second-order valence-electron chi connectivity index (χ2n) is 6.47. The van der Waals surface area contributed by atoms with E-state index in [1.165, 1.54) is 4.88 Å². The van der Waals surface area contributed by atoms with Crippen molar-refractivity contribution in [1.82, 2.24) is 0 Å². The van der Waals surface area contributed by atoms with Crippen LogP contribution in [0.1, 0.15) is 15.9 Å². The van der Waals surface area contributed by atoms with Crippen LogP contribution in [0.25, 0.3) is 38.1 Å². The molecule has 0 amide bonds. The van der Waals surface area contributed by atoms with Crippen LogP contribution in [0, 0.1) is 22.7 Å². The molecule has 142 valence electrons. The maximum atomic E-state index is 10.9. The van der Waals surface area contributed by atoms with Crippen LogP contribution in [0.15, 0.2) is 77.0 Å². The Labute approximate surface area is 182 Å². The van der Waals surface area contributed by atoms with Crippen molar-refractivity contribution in [3.8, 4) is 44.1 Å². The van der Waals surface area contributed by atoms with Crippen molar-refractivity contribution in [2.75, 3.05) is 0 Å². The first-order valence-electron chi connectivity index (χ1n) is 9.07. The summed E-state index contributed by atoms with van der Waals surface area (Å²) in [6, 6.07) is 23.5. The van der Waals surface area contributed by atoms with Gasteiger partial charge in [-0.3, -0.25) is 4.79 Å². The highest BCUT2D eigenvalue weighted by Crippen LogP contribution is 2.43. The molecule has 0 radical (unpaired) electrons. The molecule has 0 saturated heterocycles. The Morgan fingerprint density at radius 3 is 1.60 bits per heavy atom. The number of aldehydes is 1. The van der Waals surface area contributed by atoms with E-state index in [1.807, 2.05) is 60.7 Å². The highest BCUT2D eigenvalue weighted by atomic mass is 32.1. The number of allylic oxidation sites excluding steroid dienone is 1. The van der Waals surface area contributed by atoms with Crippen LogP contribution < -0.4 is 0 Å². The zero-order chi connectivity index (χ0) is 20.9. The first kappa shape index (κ1) is 19.5. The van der Waals surface area contributed by atoms with Crippen molar-refractivity contribution in [2.24, 2.45) is 0 Å². The number of nitriles is 2. The molecule has 0 N–H and O–H groups in total. The summed E-state index contributed by atoms with van der Waals surface area (Å²) in [5, 5.41) is 22.0. The topological polar surface area (TPSA) is 64.7 Å². The molecule has 0 saturated carbocycles. The minimum atomic E-state index is 0.0862. The smallest absolute Gasteiger partial charge is 0.150 e. The SMILES string of the molecule is N#CC(C#N)=Cc1ccc(-c2sccc2-c2ccsc2-c2ccc(C=O)cc2)cc1. The fourth-order valence-corrected chi connectivity index (χ4v) is 5.02. The van der Waals surface area contributed by atoms with E-state index < -0.39 is 0 Å². The number of rotatable bonds is 5. The molecule has 0 bridgehead atoms. The molecule has 4 aromatic rings. The summed E-state index contributed by atoms with van der Waals surface area (Å²) in [7, 11) is 0. The van der Waals surface area contributed by atoms with Gasteiger partial charge in [0.25, 0.3) is 0 Å². The van der Waals surface area contributed by atoms with Crippen molar-refractivity contribution in [1.29, 1.82) is 10.5 Å². The third-order valence-electron chi connectivity index (χ3n) is 4.65. The molecule has 3 nitrogen and oxygen atoms in total. The second kappa shape index (κ2) is 8.71. The molecule has 2 heterocycles. The van der Waals surface area contributed by atoms with Crippen molar-refractivity contribution < 1.29 is 4.79 Å². The summed E-state index contributed by atoms with van der Waals surface area (Å²) >= 11 is 3.36. The molecule has 2 aromatic carbocycles. The van der Waals surface area contributed by atoms with Gasteiger partial charge in [0.2, 0.25) is 0 Å². The van der Waals surface area contributed by atoms with E-state index in [-0.39, 0.29) is 5.57 Å². The fourth-order valence-electron chi connectivity index (χ4n) is 3.19. The van der Waals surface area contributed by atoms with Gasteiger partial charge in [-0.2, -0.15) is 10.5 Å². The Bertz CT molecular complexity index is 1300. The van der Waals surface area contributed by atoms with Crippen LogP contribution in [-0.2, 0) is 0 Å². The zero-order valence-corrected chi connectivity index (χ0v) is 17.3. The first-order chi connectivity index (χ1) is 14.7. The largest absolute Gasteiger partial charge is 0.298 e. The maximum Gasteiger partial charge on any atom is 0.150 e. The number of carbonyl (C=O) groups is 1. The van der Waals surface area contributed by atoms with E-state index in [4.69, 9.17) is 10.5 Å². The Morgan fingerprint density at radius 1 is 0.700 bits per heavy atom. The average molecular weight is 423 g/mol. The van der Waals surface area contributed by atoms with Gasteiger partial charge in [0.05, 0.1) is 0 Å². The van der Waals surface area contributed by atoms with Gasteiger partial charge < -0.3 is 0 Å². The number of nitrogens with zero attached hydrogens (tertiary/aromatic N) is 2. The lowest BCUT2D eigenvalue weighted by atomic mass is 9.99. The number of hydrogen-bond acceptors (Lipinski definition) is 5. The molecule has 0 fully saturated rings. The van der Waals surface area contributed by atoms with E-state index in [0.717, 1.165) is 39.0 Å². The molecule has 0 aliphatic rings. The number of hydrogen-bond donors (Lipinski definition) is 0. The molecule has 0 unspecified atom stereocenters. The molecule has 2 aromatic heterocycles. The van der Waals surface area contributed by atoms with Gasteiger partial charge in [-0.15, -0.1) is 22.7 Å². The molecular weight excluding hydrogens is 408 g/mol. The van der Waals surface area contributed by atoms with Gasteiger partial charge in [-0.05, 0) is 45.7 Å². The molecule has 5 heteroatoms. The van der Waals surface area contributed by atoms with Gasteiger partial charge in [0, 0.05) is 26.4 Å². The summed E-state index contributed by atoms with van der Waals surface area (Å²) in [4.78, 5) is 13.3. The van der Waals surface area contributed by atoms with Gasteiger partial charge in [0.15, 0.2) is 0 Å².